The van der Waals surface area contributed by atoms with Crippen molar-refractivity contribution in [2.24, 2.45) is 0 Å². The minimum Gasteiger partial charge on any atom is -0.396 e. The van der Waals surface area contributed by atoms with Gasteiger partial charge >= 0.3 is 0 Å². The summed E-state index contributed by atoms with van der Waals surface area (Å²) < 4.78 is 0. The number of hydrogen-bond donors (Lipinski definition) is 2. The van der Waals surface area contributed by atoms with Gasteiger partial charge in [0.25, 0.3) is 11.6 Å². The molecular formula is C13H18N2O4. The van der Waals surface area contributed by atoms with Gasteiger partial charge in [0.05, 0.1) is 4.92 Å². The maximum Gasteiger partial charge on any atom is 0.272 e. The van der Waals surface area contributed by atoms with E-state index in [4.69, 9.17) is 5.11 Å². The van der Waals surface area contributed by atoms with Gasteiger partial charge in [0, 0.05) is 29.8 Å². The van der Waals surface area contributed by atoms with Gasteiger partial charge in [0.15, 0.2) is 0 Å². The molecule has 1 rings (SSSR count). The van der Waals surface area contributed by atoms with Crippen LogP contribution >= 0.6 is 0 Å². The number of aliphatic hydroxyl groups is 1. The van der Waals surface area contributed by atoms with Crippen LogP contribution < -0.4 is 5.32 Å². The average molecular weight is 266 g/mol. The molecule has 6 nitrogen and oxygen atoms in total. The zero-order valence-electron chi connectivity index (χ0n) is 11.0. The molecular weight excluding hydrogens is 248 g/mol. The van der Waals surface area contributed by atoms with E-state index in [1.54, 1.807) is 6.92 Å². The lowest BCUT2D eigenvalue weighted by Gasteiger charge is -2.13. The van der Waals surface area contributed by atoms with E-state index in [2.05, 4.69) is 5.32 Å². The van der Waals surface area contributed by atoms with Crippen molar-refractivity contribution in [2.75, 3.05) is 6.61 Å². The van der Waals surface area contributed by atoms with Crippen LogP contribution in [0.2, 0.25) is 0 Å². The van der Waals surface area contributed by atoms with Crippen LogP contribution in [-0.4, -0.2) is 28.6 Å². The van der Waals surface area contributed by atoms with Gasteiger partial charge in [0.2, 0.25) is 0 Å². The van der Waals surface area contributed by atoms with Crippen LogP contribution in [0.3, 0.4) is 0 Å². The quantitative estimate of drug-likeness (QED) is 0.606. The van der Waals surface area contributed by atoms with Gasteiger partial charge < -0.3 is 10.4 Å². The lowest BCUT2D eigenvalue weighted by atomic mass is 10.1. The van der Waals surface area contributed by atoms with Crippen LogP contribution in [0, 0.1) is 17.0 Å². The number of carbonyl (C=O) groups is 1. The van der Waals surface area contributed by atoms with Gasteiger partial charge in [-0.25, -0.2) is 0 Å². The molecule has 19 heavy (non-hydrogen) atoms. The molecule has 0 heterocycles. The number of hydrogen-bond acceptors (Lipinski definition) is 4. The zero-order valence-corrected chi connectivity index (χ0v) is 11.0. The Kier molecular flexibility index (Phi) is 5.44. The van der Waals surface area contributed by atoms with Crippen LogP contribution in [-0.2, 0) is 0 Å². The van der Waals surface area contributed by atoms with E-state index >= 15 is 0 Å². The Morgan fingerprint density at radius 3 is 2.74 bits per heavy atom. The highest BCUT2D eigenvalue weighted by molar-refractivity contribution is 5.94. The fourth-order valence-corrected chi connectivity index (χ4v) is 1.78. The predicted octanol–water partition coefficient (Wildman–Crippen LogP) is 1.79. The molecule has 0 aliphatic heterocycles. The first-order valence-electron chi connectivity index (χ1n) is 6.12. The molecule has 0 saturated heterocycles. The number of nitro benzene ring substituents is 1. The fourth-order valence-electron chi connectivity index (χ4n) is 1.78. The smallest absolute Gasteiger partial charge is 0.272 e. The third kappa shape index (κ3) is 4.33. The number of nitrogens with zero attached hydrogens (tertiary/aromatic N) is 1. The standard InChI is InChI=1S/C13H18N2O4/c1-9-8-11(5-6-12(9)15(18)19)13(17)14-10(2)4-3-7-16/h5-6,8,10,16H,3-4,7H2,1-2H3,(H,14,17). The number of nitro groups is 1. The summed E-state index contributed by atoms with van der Waals surface area (Å²) in [4.78, 5) is 22.1. The van der Waals surface area contributed by atoms with Crippen molar-refractivity contribution >= 4 is 11.6 Å². The number of aryl methyl sites for hydroxylation is 1. The summed E-state index contributed by atoms with van der Waals surface area (Å²) in [5, 5.41) is 22.2. The molecule has 0 fully saturated rings. The summed E-state index contributed by atoms with van der Waals surface area (Å²) >= 11 is 0. The molecule has 0 aromatic heterocycles. The Hall–Kier alpha value is -1.95. The fraction of sp³-hybridized carbons (Fsp3) is 0.462. The summed E-state index contributed by atoms with van der Waals surface area (Å²) in [5.41, 5.74) is 0.865. The lowest BCUT2D eigenvalue weighted by Crippen LogP contribution is -2.32. The van der Waals surface area contributed by atoms with Crippen molar-refractivity contribution in [3.8, 4) is 0 Å². The second-order valence-electron chi connectivity index (χ2n) is 4.50. The van der Waals surface area contributed by atoms with Gasteiger partial charge in [0.1, 0.15) is 0 Å². The summed E-state index contributed by atoms with van der Waals surface area (Å²) in [6, 6.07) is 4.24. The van der Waals surface area contributed by atoms with Crippen LogP contribution in [0.5, 0.6) is 0 Å². The summed E-state index contributed by atoms with van der Waals surface area (Å²) in [6.45, 7) is 3.55. The SMILES string of the molecule is Cc1cc(C(=O)NC(C)CCCO)ccc1[N+](=O)[O-]. The van der Waals surface area contributed by atoms with E-state index in [0.29, 0.717) is 24.0 Å². The Balaban J connectivity index is 2.72. The number of aliphatic hydroxyl groups excluding tert-OH is 1. The Morgan fingerprint density at radius 1 is 1.53 bits per heavy atom. The summed E-state index contributed by atoms with van der Waals surface area (Å²) in [7, 11) is 0. The van der Waals surface area contributed by atoms with E-state index in [1.807, 2.05) is 6.92 Å². The van der Waals surface area contributed by atoms with Crippen molar-refractivity contribution < 1.29 is 14.8 Å². The van der Waals surface area contributed by atoms with Crippen molar-refractivity contribution in [2.45, 2.75) is 32.7 Å². The normalized spacial score (nSPS) is 11.9. The second kappa shape index (κ2) is 6.84. The molecule has 0 bridgehead atoms. The molecule has 1 atom stereocenters. The van der Waals surface area contributed by atoms with Crippen LogP contribution in [0.1, 0.15) is 35.7 Å². The first-order valence-corrected chi connectivity index (χ1v) is 6.12. The van der Waals surface area contributed by atoms with Crippen LogP contribution in [0.25, 0.3) is 0 Å². The van der Waals surface area contributed by atoms with Gasteiger partial charge in [-0.05, 0) is 38.8 Å². The Bertz CT molecular complexity index is 474. The van der Waals surface area contributed by atoms with Gasteiger partial charge in [-0.15, -0.1) is 0 Å². The Labute approximate surface area is 111 Å². The maximum atomic E-state index is 11.9. The molecule has 1 unspecified atom stereocenters. The molecule has 1 aromatic rings. The molecule has 1 aromatic carbocycles. The maximum absolute atomic E-state index is 11.9. The molecule has 2 N–H and O–H groups in total. The molecule has 1 amide bonds. The minimum absolute atomic E-state index is 0.00452. The third-order valence-corrected chi connectivity index (χ3v) is 2.83. The van der Waals surface area contributed by atoms with E-state index in [-0.39, 0.29) is 24.2 Å². The average Bonchev–Trinajstić information content (AvgIpc) is 2.35. The monoisotopic (exact) mass is 266 g/mol. The number of nitrogens with one attached hydrogen (secondary N) is 1. The number of amides is 1. The largest absolute Gasteiger partial charge is 0.396 e. The van der Waals surface area contributed by atoms with Gasteiger partial charge in [-0.1, -0.05) is 0 Å². The lowest BCUT2D eigenvalue weighted by molar-refractivity contribution is -0.385. The second-order valence-corrected chi connectivity index (χ2v) is 4.50. The van der Waals surface area contributed by atoms with E-state index in [1.165, 1.54) is 18.2 Å². The molecule has 0 aliphatic rings. The van der Waals surface area contributed by atoms with E-state index in [9.17, 15) is 14.9 Å². The summed E-state index contributed by atoms with van der Waals surface area (Å²) in [5.74, 6) is -0.261. The van der Waals surface area contributed by atoms with Gasteiger partial charge in [-0.3, -0.25) is 14.9 Å². The van der Waals surface area contributed by atoms with E-state index < -0.39 is 4.92 Å². The Morgan fingerprint density at radius 2 is 2.21 bits per heavy atom. The predicted molar refractivity (Wildman–Crippen MR) is 71.1 cm³/mol. The van der Waals surface area contributed by atoms with E-state index in [0.717, 1.165) is 0 Å². The molecule has 0 spiro atoms. The first kappa shape index (κ1) is 15.1. The first-order chi connectivity index (χ1) is 8.95. The van der Waals surface area contributed by atoms with Crippen molar-refractivity contribution in [3.05, 3.63) is 39.4 Å². The number of carbonyl (C=O) groups excluding carboxylic acids is 1. The molecule has 0 aliphatic carbocycles. The topological polar surface area (TPSA) is 92.5 Å². The molecule has 0 saturated carbocycles. The molecule has 104 valence electrons. The highest BCUT2D eigenvalue weighted by atomic mass is 16.6. The zero-order chi connectivity index (χ0) is 14.4. The van der Waals surface area contributed by atoms with Gasteiger partial charge in [-0.2, -0.15) is 0 Å². The van der Waals surface area contributed by atoms with Crippen molar-refractivity contribution in [1.82, 2.24) is 5.32 Å². The molecule has 0 radical (unpaired) electrons. The van der Waals surface area contributed by atoms with Crippen LogP contribution in [0.15, 0.2) is 18.2 Å². The summed E-state index contributed by atoms with van der Waals surface area (Å²) in [6.07, 6.45) is 1.31. The highest BCUT2D eigenvalue weighted by Gasteiger charge is 2.14. The van der Waals surface area contributed by atoms with Crippen LogP contribution in [0.4, 0.5) is 5.69 Å². The minimum atomic E-state index is -0.471. The number of rotatable bonds is 6. The van der Waals surface area contributed by atoms with Crippen molar-refractivity contribution in [1.29, 1.82) is 0 Å². The molecule has 6 heteroatoms. The third-order valence-electron chi connectivity index (χ3n) is 2.83. The highest BCUT2D eigenvalue weighted by Crippen LogP contribution is 2.18. The van der Waals surface area contributed by atoms with Crippen molar-refractivity contribution in [3.63, 3.8) is 0 Å². The number of benzene rings is 1.